The minimum absolute atomic E-state index is 0.0232. The van der Waals surface area contributed by atoms with Crippen LogP contribution in [0.4, 0.5) is 0 Å². The Morgan fingerprint density at radius 3 is 2.76 bits per heavy atom. The molecule has 0 fully saturated rings. The summed E-state index contributed by atoms with van der Waals surface area (Å²) in [6.07, 6.45) is 1.27. The van der Waals surface area contributed by atoms with E-state index in [1.54, 1.807) is 12.1 Å². The molecule has 0 aromatic carbocycles. The molecule has 7 nitrogen and oxygen atoms in total. The van der Waals surface area contributed by atoms with E-state index in [0.717, 1.165) is 4.68 Å². The number of aromatic nitrogens is 4. The molecule has 21 heavy (non-hydrogen) atoms. The van der Waals surface area contributed by atoms with Gasteiger partial charge < -0.3 is 8.83 Å². The summed E-state index contributed by atoms with van der Waals surface area (Å²) < 4.78 is 12.3. The smallest absolute Gasteiger partial charge is 0.287 e. The highest BCUT2D eigenvalue weighted by molar-refractivity contribution is 9.10. The molecule has 0 aliphatic heterocycles. The number of hydrogen-bond acceptors (Lipinski definition) is 6. The topological polar surface area (TPSA) is 87.0 Å². The van der Waals surface area contributed by atoms with E-state index in [9.17, 15) is 4.79 Å². The first-order valence-electron chi connectivity index (χ1n) is 5.54. The average Bonchev–Trinajstić information content (AvgIpc) is 3.08. The van der Waals surface area contributed by atoms with Gasteiger partial charge in [-0.05, 0) is 28.1 Å². The van der Waals surface area contributed by atoms with Gasteiger partial charge in [0.05, 0.1) is 11.2 Å². The van der Waals surface area contributed by atoms with Crippen molar-refractivity contribution in [3.8, 4) is 11.7 Å². The van der Waals surface area contributed by atoms with E-state index in [-0.39, 0.29) is 28.4 Å². The van der Waals surface area contributed by atoms with Gasteiger partial charge in [-0.1, -0.05) is 23.2 Å². The maximum atomic E-state index is 11.8. The predicted molar refractivity (Wildman–Crippen MR) is 77.3 cm³/mol. The van der Waals surface area contributed by atoms with Gasteiger partial charge in [-0.3, -0.25) is 4.79 Å². The first kappa shape index (κ1) is 14.3. The van der Waals surface area contributed by atoms with Gasteiger partial charge >= 0.3 is 0 Å². The van der Waals surface area contributed by atoms with Gasteiger partial charge in [-0.25, -0.2) is 4.68 Å². The summed E-state index contributed by atoms with van der Waals surface area (Å²) >= 11 is 14.6. The molecule has 0 N–H and O–H groups in total. The predicted octanol–water partition coefficient (Wildman–Crippen LogP) is 3.00. The Morgan fingerprint density at radius 1 is 1.24 bits per heavy atom. The third kappa shape index (κ3) is 2.87. The molecular formula is C11H5BrCl2N4O3. The lowest BCUT2D eigenvalue weighted by Gasteiger charge is -2.01. The largest absolute Gasteiger partial charge is 0.444 e. The van der Waals surface area contributed by atoms with E-state index in [1.807, 2.05) is 0 Å². The second-order valence-corrected chi connectivity index (χ2v) is 5.44. The van der Waals surface area contributed by atoms with Crippen LogP contribution in [-0.4, -0.2) is 20.0 Å². The summed E-state index contributed by atoms with van der Waals surface area (Å²) in [6, 6.07) is 3.37. The van der Waals surface area contributed by atoms with Gasteiger partial charge in [0.2, 0.25) is 5.89 Å². The van der Waals surface area contributed by atoms with E-state index >= 15 is 0 Å². The fourth-order valence-electron chi connectivity index (χ4n) is 1.53. The fraction of sp³-hybridized carbons (Fsp3) is 0.0909. The third-order valence-electron chi connectivity index (χ3n) is 2.48. The number of hydrogen-bond donors (Lipinski definition) is 0. The third-order valence-corrected chi connectivity index (χ3v) is 3.65. The Labute approximate surface area is 135 Å². The van der Waals surface area contributed by atoms with Crippen LogP contribution in [0.3, 0.4) is 0 Å². The second-order valence-electron chi connectivity index (χ2n) is 3.87. The van der Waals surface area contributed by atoms with E-state index in [1.165, 1.54) is 6.20 Å². The van der Waals surface area contributed by atoms with Gasteiger partial charge in [-0.15, -0.1) is 10.2 Å². The molecular weight excluding hydrogens is 387 g/mol. The molecule has 0 atom stereocenters. The Hall–Kier alpha value is -1.64. The molecule has 0 aliphatic rings. The molecule has 0 bridgehead atoms. The normalized spacial score (nSPS) is 11.0. The van der Waals surface area contributed by atoms with Crippen LogP contribution in [0.15, 0.2) is 36.6 Å². The summed E-state index contributed by atoms with van der Waals surface area (Å²) in [4.78, 5) is 11.8. The minimum atomic E-state index is -0.537. The lowest BCUT2D eigenvalue weighted by atomic mass is 10.4. The molecule has 0 amide bonds. The lowest BCUT2D eigenvalue weighted by molar-refractivity contribution is 0.448. The number of halogens is 3. The van der Waals surface area contributed by atoms with Crippen molar-refractivity contribution in [2.45, 2.75) is 6.54 Å². The molecule has 3 rings (SSSR count). The molecule has 0 saturated carbocycles. The zero-order valence-corrected chi connectivity index (χ0v) is 13.2. The summed E-state index contributed by atoms with van der Waals surface area (Å²) in [5.41, 5.74) is -0.537. The molecule has 108 valence electrons. The van der Waals surface area contributed by atoms with Gasteiger partial charge in [0.25, 0.3) is 11.4 Å². The standard InChI is InChI=1S/C11H5BrCl2N4O3/c12-7-2-1-6(20-7)10-17-16-8(21-10)4-18-11(19)9(14)5(13)3-15-18/h1-3H,4H2. The zero-order valence-electron chi connectivity index (χ0n) is 10.1. The van der Waals surface area contributed by atoms with Crippen LogP contribution < -0.4 is 5.56 Å². The molecule has 0 saturated heterocycles. The highest BCUT2D eigenvalue weighted by Crippen LogP contribution is 2.23. The van der Waals surface area contributed by atoms with Crippen molar-refractivity contribution >= 4 is 39.1 Å². The van der Waals surface area contributed by atoms with Crippen molar-refractivity contribution in [3.05, 3.63) is 49.3 Å². The molecule has 0 spiro atoms. The Kier molecular flexibility index (Phi) is 3.83. The number of nitrogens with zero attached hydrogens (tertiary/aromatic N) is 4. The monoisotopic (exact) mass is 390 g/mol. The van der Waals surface area contributed by atoms with Gasteiger partial charge in [0, 0.05) is 0 Å². The Morgan fingerprint density at radius 2 is 2.05 bits per heavy atom. The van der Waals surface area contributed by atoms with Crippen molar-refractivity contribution < 1.29 is 8.83 Å². The molecule has 3 heterocycles. The SMILES string of the molecule is O=c1c(Cl)c(Cl)cnn1Cc1nnc(-c2ccc(Br)o2)o1. The van der Waals surface area contributed by atoms with Gasteiger partial charge in [-0.2, -0.15) is 5.10 Å². The zero-order chi connectivity index (χ0) is 15.0. The van der Waals surface area contributed by atoms with Crippen LogP contribution in [0.25, 0.3) is 11.7 Å². The molecule has 0 aliphatic carbocycles. The Balaban J connectivity index is 1.88. The fourth-order valence-corrected chi connectivity index (χ4v) is 2.11. The highest BCUT2D eigenvalue weighted by Gasteiger charge is 2.14. The van der Waals surface area contributed by atoms with Crippen molar-refractivity contribution in [2.24, 2.45) is 0 Å². The summed E-state index contributed by atoms with van der Waals surface area (Å²) in [5.74, 6) is 0.796. The van der Waals surface area contributed by atoms with Crippen LogP contribution in [0.1, 0.15) is 5.89 Å². The van der Waals surface area contributed by atoms with E-state index < -0.39 is 5.56 Å². The summed E-state index contributed by atoms with van der Waals surface area (Å²) in [6.45, 7) is -0.0232. The second kappa shape index (κ2) is 5.63. The first-order valence-corrected chi connectivity index (χ1v) is 7.08. The quantitative estimate of drug-likeness (QED) is 0.681. The minimum Gasteiger partial charge on any atom is -0.444 e. The van der Waals surface area contributed by atoms with Crippen molar-refractivity contribution in [3.63, 3.8) is 0 Å². The van der Waals surface area contributed by atoms with E-state index in [2.05, 4.69) is 31.2 Å². The van der Waals surface area contributed by atoms with Crippen LogP contribution in [0.5, 0.6) is 0 Å². The molecule has 0 unspecified atom stereocenters. The first-order chi connectivity index (χ1) is 10.0. The Bertz CT molecular complexity index is 857. The van der Waals surface area contributed by atoms with Crippen LogP contribution in [-0.2, 0) is 6.54 Å². The van der Waals surface area contributed by atoms with Gasteiger partial charge in [0.15, 0.2) is 10.4 Å². The number of furan rings is 1. The molecule has 3 aromatic rings. The van der Waals surface area contributed by atoms with Crippen LogP contribution in [0.2, 0.25) is 10.0 Å². The van der Waals surface area contributed by atoms with E-state index in [4.69, 9.17) is 32.0 Å². The van der Waals surface area contributed by atoms with Crippen molar-refractivity contribution in [1.82, 2.24) is 20.0 Å². The lowest BCUT2D eigenvalue weighted by Crippen LogP contribution is -2.23. The number of rotatable bonds is 3. The summed E-state index contributed by atoms with van der Waals surface area (Å²) in [5, 5.41) is 11.5. The van der Waals surface area contributed by atoms with Crippen molar-refractivity contribution in [1.29, 1.82) is 0 Å². The molecule has 3 aromatic heterocycles. The van der Waals surface area contributed by atoms with Crippen molar-refractivity contribution in [2.75, 3.05) is 0 Å². The highest BCUT2D eigenvalue weighted by atomic mass is 79.9. The summed E-state index contributed by atoms with van der Waals surface area (Å²) in [7, 11) is 0. The van der Waals surface area contributed by atoms with Gasteiger partial charge in [0.1, 0.15) is 11.6 Å². The average molecular weight is 392 g/mol. The molecule has 0 radical (unpaired) electrons. The molecule has 10 heteroatoms. The van der Waals surface area contributed by atoms with Crippen LogP contribution in [0, 0.1) is 0 Å². The maximum Gasteiger partial charge on any atom is 0.287 e. The van der Waals surface area contributed by atoms with Crippen LogP contribution >= 0.6 is 39.1 Å². The van der Waals surface area contributed by atoms with E-state index in [0.29, 0.717) is 10.4 Å². The maximum absolute atomic E-state index is 11.8.